The van der Waals surface area contributed by atoms with Crippen LogP contribution in [0.25, 0.3) is 0 Å². The molecule has 13 heteroatoms. The first kappa shape index (κ1) is 29.3. The number of carboxylic acid groups (broad SMARTS) is 1. The fourth-order valence-corrected chi connectivity index (χ4v) is 7.28. The number of carbonyl (C=O) groups is 2. The highest BCUT2D eigenvalue weighted by molar-refractivity contribution is 7.89. The molecule has 1 aliphatic carbocycles. The van der Waals surface area contributed by atoms with Gasteiger partial charge in [-0.1, -0.05) is 37.8 Å². The first-order valence-corrected chi connectivity index (χ1v) is 17.7. The lowest BCUT2D eigenvalue weighted by Gasteiger charge is -2.40. The third kappa shape index (κ3) is 8.11. The molecule has 0 spiro atoms. The molecule has 208 valence electrons. The second-order valence-corrected chi connectivity index (χ2v) is 18.6. The van der Waals surface area contributed by atoms with Gasteiger partial charge in [0.05, 0.1) is 11.5 Å². The molecule has 9 nitrogen and oxygen atoms in total. The molecule has 2 aliphatic rings. The molecule has 1 saturated heterocycles. The van der Waals surface area contributed by atoms with E-state index in [0.717, 1.165) is 10.9 Å². The second-order valence-electron chi connectivity index (χ2n) is 11.1. The zero-order valence-corrected chi connectivity index (χ0v) is 23.3. The Morgan fingerprint density at radius 3 is 2.43 bits per heavy atom. The van der Waals surface area contributed by atoms with Crippen molar-refractivity contribution in [2.45, 2.75) is 74.3 Å². The maximum absolute atomic E-state index is 14.3. The van der Waals surface area contributed by atoms with Crippen LogP contribution in [0.1, 0.15) is 25.7 Å². The molecule has 2 N–H and O–H groups in total. The normalized spacial score (nSPS) is 24.6. The molecule has 3 atom stereocenters. The Hall–Kier alpha value is -2.25. The van der Waals surface area contributed by atoms with E-state index in [1.165, 1.54) is 16.4 Å². The quantitative estimate of drug-likeness (QED) is 0.435. The minimum absolute atomic E-state index is 0.0207. The van der Waals surface area contributed by atoms with Crippen molar-refractivity contribution in [3.05, 3.63) is 30.3 Å². The van der Waals surface area contributed by atoms with Gasteiger partial charge in [-0.2, -0.15) is 4.31 Å². The summed E-state index contributed by atoms with van der Waals surface area (Å²) in [5, 5.41) is 12.1. The van der Waals surface area contributed by atoms with E-state index in [4.69, 9.17) is 4.74 Å². The zero-order chi connectivity index (χ0) is 27.4. The summed E-state index contributed by atoms with van der Waals surface area (Å²) in [6.45, 7) is 6.59. The van der Waals surface area contributed by atoms with Crippen LogP contribution >= 0.6 is 0 Å². The summed E-state index contributed by atoms with van der Waals surface area (Å²) < 4.78 is 61.8. The maximum Gasteiger partial charge on any atom is 0.407 e. The van der Waals surface area contributed by atoms with Crippen molar-refractivity contribution in [3.8, 4) is 0 Å². The van der Waals surface area contributed by atoms with Crippen LogP contribution < -0.4 is 5.32 Å². The van der Waals surface area contributed by atoms with Crippen LogP contribution in [0.3, 0.4) is 0 Å². The van der Waals surface area contributed by atoms with E-state index in [9.17, 15) is 31.9 Å². The van der Waals surface area contributed by atoms with E-state index in [1.807, 2.05) is 0 Å². The predicted octanol–water partition coefficient (Wildman–Crippen LogP) is 4.30. The van der Waals surface area contributed by atoms with Gasteiger partial charge in [-0.3, -0.25) is 0 Å². The van der Waals surface area contributed by atoms with Crippen molar-refractivity contribution in [3.63, 3.8) is 0 Å². The zero-order valence-electron chi connectivity index (χ0n) is 21.5. The molecule has 0 radical (unpaired) electrons. The molecular formula is C24H37F2N3O6SSi. The van der Waals surface area contributed by atoms with Gasteiger partial charge in [0.2, 0.25) is 10.0 Å². The predicted molar refractivity (Wildman–Crippen MR) is 137 cm³/mol. The van der Waals surface area contributed by atoms with Crippen molar-refractivity contribution >= 4 is 30.3 Å². The Labute approximate surface area is 218 Å². The lowest BCUT2D eigenvalue weighted by atomic mass is 9.94. The Morgan fingerprint density at radius 1 is 1.14 bits per heavy atom. The number of nitrogens with zero attached hydrogens (tertiary/aromatic N) is 2. The highest BCUT2D eigenvalue weighted by Gasteiger charge is 2.47. The Bertz CT molecular complexity index is 1050. The molecule has 1 saturated carbocycles. The van der Waals surface area contributed by atoms with E-state index >= 15 is 0 Å². The number of carbonyl (C=O) groups excluding carboxylic acids is 1. The number of alkyl halides is 2. The number of piperazine rings is 1. The number of hydrogen-bond acceptors (Lipinski definition) is 5. The lowest BCUT2D eigenvalue weighted by Crippen LogP contribution is -2.56. The lowest BCUT2D eigenvalue weighted by molar-refractivity contribution is 0.00307. The van der Waals surface area contributed by atoms with Gasteiger partial charge in [0.15, 0.2) is 0 Å². The molecular weight excluding hydrogens is 524 g/mol. The average molecular weight is 562 g/mol. The van der Waals surface area contributed by atoms with Crippen molar-refractivity contribution in [1.29, 1.82) is 0 Å². The number of hydrogen-bond donors (Lipinski definition) is 2. The molecule has 3 rings (SSSR count). The van der Waals surface area contributed by atoms with Gasteiger partial charge in [0.1, 0.15) is 0 Å². The Balaban J connectivity index is 1.69. The molecule has 1 aliphatic heterocycles. The number of amides is 2. The first-order valence-electron chi connectivity index (χ1n) is 12.5. The molecule has 3 unspecified atom stereocenters. The summed E-state index contributed by atoms with van der Waals surface area (Å²) in [7, 11) is -5.33. The third-order valence-corrected chi connectivity index (χ3v) is 10.6. The van der Waals surface area contributed by atoms with Crippen molar-refractivity contribution in [2.24, 2.45) is 5.92 Å². The highest BCUT2D eigenvalue weighted by atomic mass is 32.2. The minimum atomic E-state index is -3.90. The smallest absolute Gasteiger partial charge is 0.407 e. The topological polar surface area (TPSA) is 116 Å². The number of rotatable bonds is 9. The van der Waals surface area contributed by atoms with E-state index in [2.05, 4.69) is 25.0 Å². The van der Waals surface area contributed by atoms with E-state index in [1.54, 1.807) is 18.2 Å². The summed E-state index contributed by atoms with van der Waals surface area (Å²) in [4.78, 5) is 25.1. The molecule has 1 heterocycles. The number of sulfonamides is 1. The van der Waals surface area contributed by atoms with Gasteiger partial charge in [0, 0.05) is 52.6 Å². The average Bonchev–Trinajstić information content (AvgIpc) is 3.09. The van der Waals surface area contributed by atoms with Gasteiger partial charge >= 0.3 is 12.2 Å². The molecule has 0 bridgehead atoms. The monoisotopic (exact) mass is 561 g/mol. The first-order chi connectivity index (χ1) is 17.2. The highest BCUT2D eigenvalue weighted by Crippen LogP contribution is 2.42. The van der Waals surface area contributed by atoms with Gasteiger partial charge in [-0.25, -0.2) is 26.8 Å². The minimum Gasteiger partial charge on any atom is -0.465 e. The van der Waals surface area contributed by atoms with E-state index in [0.29, 0.717) is 0 Å². The van der Waals surface area contributed by atoms with Crippen molar-refractivity contribution in [2.75, 3.05) is 26.2 Å². The molecule has 2 amide bonds. The van der Waals surface area contributed by atoms with Crippen LogP contribution in [0.5, 0.6) is 0 Å². The molecule has 2 fully saturated rings. The fourth-order valence-electron chi connectivity index (χ4n) is 4.91. The number of benzene rings is 1. The van der Waals surface area contributed by atoms with Crippen LogP contribution in [0.4, 0.5) is 18.4 Å². The third-order valence-electron chi connectivity index (χ3n) is 6.96. The summed E-state index contributed by atoms with van der Waals surface area (Å²) in [5.74, 6) is -3.56. The van der Waals surface area contributed by atoms with Crippen LogP contribution in [0, 0.1) is 5.92 Å². The molecule has 1 aromatic rings. The summed E-state index contributed by atoms with van der Waals surface area (Å²) in [6, 6.07) is 7.09. The SMILES string of the molecule is C[Si](C)(C)CCOC(=O)NC1CC(F)(F)CC1CCC1CN(C(=O)O)CCN1S(=O)(=O)c1ccccc1. The number of halogens is 2. The largest absolute Gasteiger partial charge is 0.465 e. The number of nitrogens with one attached hydrogen (secondary N) is 1. The molecule has 1 aromatic carbocycles. The van der Waals surface area contributed by atoms with Gasteiger partial charge in [-0.15, -0.1) is 0 Å². The van der Waals surface area contributed by atoms with Gasteiger partial charge < -0.3 is 20.1 Å². The van der Waals surface area contributed by atoms with E-state index < -0.39 is 67.0 Å². The summed E-state index contributed by atoms with van der Waals surface area (Å²) in [6.07, 6.45) is -2.45. The maximum atomic E-state index is 14.3. The van der Waals surface area contributed by atoms with Crippen molar-refractivity contribution in [1.82, 2.24) is 14.5 Å². The van der Waals surface area contributed by atoms with Crippen molar-refractivity contribution < 1.29 is 36.6 Å². The number of alkyl carbamates (subject to hydrolysis) is 1. The van der Waals surface area contributed by atoms with Crippen LogP contribution in [0.2, 0.25) is 25.7 Å². The fraction of sp³-hybridized carbons (Fsp3) is 0.667. The Morgan fingerprint density at radius 2 is 1.81 bits per heavy atom. The standard InChI is InChI=1S/C24H37F2N3O6SSi/c1-37(2,3)14-13-35-22(30)27-21-16-24(25,26)15-18(21)9-10-19-17-28(23(31)32)11-12-29(19)36(33,34)20-7-5-4-6-8-20/h4-8,18-19,21H,9-17H2,1-3H3,(H,27,30)(H,31,32). The van der Waals surface area contributed by atoms with Crippen LogP contribution in [-0.2, 0) is 14.8 Å². The van der Waals surface area contributed by atoms with Gasteiger partial charge in [-0.05, 0) is 36.9 Å². The number of ether oxygens (including phenoxy) is 1. The molecule has 0 aromatic heterocycles. The van der Waals surface area contributed by atoms with E-state index in [-0.39, 0.29) is 44.0 Å². The van der Waals surface area contributed by atoms with Gasteiger partial charge in [0.25, 0.3) is 5.92 Å². The molecule has 37 heavy (non-hydrogen) atoms. The van der Waals surface area contributed by atoms with Crippen LogP contribution in [0.15, 0.2) is 35.2 Å². The second kappa shape index (κ2) is 11.6. The summed E-state index contributed by atoms with van der Waals surface area (Å²) >= 11 is 0. The summed E-state index contributed by atoms with van der Waals surface area (Å²) in [5.41, 5.74) is 0. The van der Waals surface area contributed by atoms with Crippen LogP contribution in [-0.4, -0.2) is 87.2 Å². The Kier molecular flexibility index (Phi) is 9.22.